The first-order valence-electron chi connectivity index (χ1n) is 14.8. The van der Waals surface area contributed by atoms with Gasteiger partial charge in [-0.3, -0.25) is 4.79 Å². The molecule has 8 nitrogen and oxygen atoms in total. The van der Waals surface area contributed by atoms with Gasteiger partial charge in [0.25, 0.3) is 0 Å². The fraction of sp³-hybridized carbons (Fsp3) is 0.545. The Balaban J connectivity index is 1.69. The van der Waals surface area contributed by atoms with Crippen LogP contribution in [0.3, 0.4) is 0 Å². The van der Waals surface area contributed by atoms with Crippen LogP contribution >= 0.6 is 11.6 Å². The van der Waals surface area contributed by atoms with Gasteiger partial charge in [0.05, 0.1) is 28.2 Å². The van der Waals surface area contributed by atoms with Crippen LogP contribution in [0, 0.1) is 36.4 Å². The van der Waals surface area contributed by atoms with Crippen molar-refractivity contribution in [2.24, 2.45) is 5.92 Å². The predicted octanol–water partition coefficient (Wildman–Crippen LogP) is 6.22. The van der Waals surface area contributed by atoms with Crippen LogP contribution in [0.25, 0.3) is 10.9 Å². The van der Waals surface area contributed by atoms with Crippen molar-refractivity contribution >= 4 is 40.3 Å². The van der Waals surface area contributed by atoms with Crippen LogP contribution in [-0.2, 0) is 9.47 Å². The van der Waals surface area contributed by atoms with Crippen molar-refractivity contribution in [2.75, 3.05) is 24.6 Å². The number of anilines is 1. The highest BCUT2D eigenvalue weighted by Gasteiger charge is 2.32. The quantitative estimate of drug-likeness (QED) is 0.281. The number of esters is 1. The number of halogens is 2. The average molecular weight is 612 g/mol. The van der Waals surface area contributed by atoms with E-state index >= 15 is 4.39 Å². The molecule has 10 heteroatoms. The summed E-state index contributed by atoms with van der Waals surface area (Å²) in [5.74, 6) is 3.31. The molecule has 1 amide bonds. The fourth-order valence-electron chi connectivity index (χ4n) is 5.42. The van der Waals surface area contributed by atoms with Crippen molar-refractivity contribution in [1.82, 2.24) is 9.88 Å². The van der Waals surface area contributed by atoms with Crippen LogP contribution in [0.4, 0.5) is 14.9 Å². The van der Waals surface area contributed by atoms with Crippen LogP contribution in [0.15, 0.2) is 17.1 Å². The zero-order valence-corrected chi connectivity index (χ0v) is 25.8. The molecular weight excluding hydrogens is 573 g/mol. The molecule has 1 aromatic heterocycles. The second-order valence-corrected chi connectivity index (χ2v) is 12.7. The third-order valence-electron chi connectivity index (χ3n) is 7.57. The molecule has 1 aliphatic carbocycles. The van der Waals surface area contributed by atoms with Crippen LogP contribution < -0.4 is 15.6 Å². The monoisotopic (exact) mass is 611 g/mol. The number of nitrogens with zero attached hydrogens (tertiary/aromatic N) is 2. The SMILES string of the molecule is C#CCC(CC#C)COC(=O)c1cn(C2CC2)c2c(Cl)c(N3CCCCC[C@@H](NC(=O)OC(C)(C)C)C3)c(F)cc2c1=O. The molecule has 2 heterocycles. The number of hydrogen-bond acceptors (Lipinski definition) is 6. The number of ether oxygens (including phenoxy) is 2. The normalized spacial score (nSPS) is 17.5. The van der Waals surface area contributed by atoms with Crippen LogP contribution in [-0.4, -0.2) is 48.0 Å². The maximum Gasteiger partial charge on any atom is 0.407 e. The Hall–Kier alpha value is -3.69. The standard InChI is InChI=1S/C33H39ClFN3O5/c1-6-11-21(12-7-2)20-42-31(40)25-19-38(23-14-15-23)28-24(30(25)39)17-26(35)29(27(28)34)37-16-10-8-9-13-22(18-37)36-32(41)43-33(3,4)5/h1-2,17,19,21-23H,8-16,18,20H2,3-5H3,(H,36,41)/t22-/m1/s1. The molecule has 0 radical (unpaired) electrons. The maximum absolute atomic E-state index is 16.0. The highest BCUT2D eigenvalue weighted by Crippen LogP contribution is 2.42. The second kappa shape index (κ2) is 13.7. The summed E-state index contributed by atoms with van der Waals surface area (Å²) in [5, 5.41) is 3.03. The number of benzene rings is 1. The summed E-state index contributed by atoms with van der Waals surface area (Å²) in [4.78, 5) is 41.0. The van der Waals surface area contributed by atoms with Gasteiger partial charge in [-0.2, -0.15) is 0 Å². The largest absolute Gasteiger partial charge is 0.462 e. The number of terminal acetylenes is 2. The second-order valence-electron chi connectivity index (χ2n) is 12.3. The molecular formula is C33H39ClFN3O5. The zero-order valence-electron chi connectivity index (χ0n) is 25.0. The van der Waals surface area contributed by atoms with Crippen molar-refractivity contribution in [1.29, 1.82) is 0 Å². The Labute approximate surface area is 257 Å². The van der Waals surface area contributed by atoms with Gasteiger partial charge in [0.2, 0.25) is 5.43 Å². The maximum atomic E-state index is 16.0. The molecule has 230 valence electrons. The Bertz CT molecular complexity index is 1500. The lowest BCUT2D eigenvalue weighted by Crippen LogP contribution is -2.47. The number of alkyl carbamates (subject to hydrolysis) is 1. The number of hydrogen-bond donors (Lipinski definition) is 1. The molecule has 1 N–H and O–H groups in total. The smallest absolute Gasteiger partial charge is 0.407 e. The van der Waals surface area contributed by atoms with Gasteiger partial charge in [-0.15, -0.1) is 24.7 Å². The number of carbonyl (C=O) groups is 2. The van der Waals surface area contributed by atoms with Gasteiger partial charge in [-0.25, -0.2) is 14.0 Å². The first-order valence-corrected chi connectivity index (χ1v) is 15.2. The molecule has 43 heavy (non-hydrogen) atoms. The molecule has 0 unspecified atom stereocenters. The van der Waals surface area contributed by atoms with Gasteiger partial charge in [0.1, 0.15) is 17.0 Å². The lowest BCUT2D eigenvalue weighted by Gasteiger charge is -2.33. The van der Waals surface area contributed by atoms with E-state index < -0.39 is 28.9 Å². The summed E-state index contributed by atoms with van der Waals surface area (Å²) in [6.07, 6.45) is 17.4. The van der Waals surface area contributed by atoms with Crippen LogP contribution in [0.2, 0.25) is 5.02 Å². The molecule has 4 rings (SSSR count). The fourth-order valence-corrected chi connectivity index (χ4v) is 5.83. The topological polar surface area (TPSA) is 89.9 Å². The highest BCUT2D eigenvalue weighted by molar-refractivity contribution is 6.38. The molecule has 1 atom stereocenters. The van der Waals surface area contributed by atoms with Crippen LogP contribution in [0.1, 0.15) is 88.5 Å². The minimum atomic E-state index is -0.819. The van der Waals surface area contributed by atoms with E-state index in [-0.39, 0.29) is 46.3 Å². The number of aromatic nitrogens is 1. The van der Waals surface area contributed by atoms with Gasteiger partial charge < -0.3 is 24.3 Å². The molecule has 1 aromatic carbocycles. The van der Waals surface area contributed by atoms with Gasteiger partial charge in [0.15, 0.2) is 0 Å². The van der Waals surface area contributed by atoms with Gasteiger partial charge >= 0.3 is 12.1 Å². The average Bonchev–Trinajstić information content (AvgIpc) is 3.74. The zero-order chi connectivity index (χ0) is 31.3. The van der Waals surface area contributed by atoms with Crippen molar-refractivity contribution in [3.8, 4) is 24.7 Å². The van der Waals surface area contributed by atoms with Gasteiger partial charge in [-0.05, 0) is 52.5 Å². The third kappa shape index (κ3) is 8.03. The summed E-state index contributed by atoms with van der Waals surface area (Å²) in [7, 11) is 0. The first-order chi connectivity index (χ1) is 20.4. The van der Waals surface area contributed by atoms with E-state index in [2.05, 4.69) is 17.2 Å². The van der Waals surface area contributed by atoms with E-state index in [1.165, 1.54) is 6.20 Å². The Kier molecular flexibility index (Phi) is 10.3. The summed E-state index contributed by atoms with van der Waals surface area (Å²) >= 11 is 6.96. The predicted molar refractivity (Wildman–Crippen MR) is 166 cm³/mol. The van der Waals surface area contributed by atoms with Crippen molar-refractivity contribution in [3.05, 3.63) is 38.9 Å². The molecule has 1 aliphatic heterocycles. The summed E-state index contributed by atoms with van der Waals surface area (Å²) in [6.45, 7) is 6.18. The van der Waals surface area contributed by atoms with E-state index in [4.69, 9.17) is 33.9 Å². The number of rotatable bonds is 8. The number of fused-ring (bicyclic) bond motifs is 1. The molecule has 0 spiro atoms. The molecule has 2 aliphatic rings. The molecule has 1 saturated carbocycles. The number of carbonyl (C=O) groups excluding carboxylic acids is 2. The van der Waals surface area contributed by atoms with Crippen molar-refractivity contribution in [3.63, 3.8) is 0 Å². The lowest BCUT2D eigenvalue weighted by atomic mass is 10.0. The highest BCUT2D eigenvalue weighted by atomic mass is 35.5. The third-order valence-corrected chi connectivity index (χ3v) is 7.92. The number of pyridine rings is 1. The van der Waals surface area contributed by atoms with E-state index in [9.17, 15) is 14.4 Å². The summed E-state index contributed by atoms with van der Waals surface area (Å²) in [5.41, 5.74) is -0.967. The Morgan fingerprint density at radius 3 is 2.49 bits per heavy atom. The first kappa shape index (κ1) is 32.2. The van der Waals surface area contributed by atoms with E-state index in [1.54, 1.807) is 25.3 Å². The number of amides is 1. The Morgan fingerprint density at radius 1 is 1.16 bits per heavy atom. The molecule has 2 aromatic rings. The molecule has 1 saturated heterocycles. The number of nitrogens with one attached hydrogen (secondary N) is 1. The minimum absolute atomic E-state index is 0.00636. The van der Waals surface area contributed by atoms with Gasteiger partial charge in [-0.1, -0.05) is 24.4 Å². The van der Waals surface area contributed by atoms with E-state index in [1.807, 2.05) is 4.90 Å². The minimum Gasteiger partial charge on any atom is -0.462 e. The lowest BCUT2D eigenvalue weighted by molar-refractivity contribution is 0.0440. The summed E-state index contributed by atoms with van der Waals surface area (Å²) < 4.78 is 28.6. The molecule has 2 fully saturated rings. The van der Waals surface area contributed by atoms with Gasteiger partial charge in [0, 0.05) is 50.1 Å². The van der Waals surface area contributed by atoms with Crippen LogP contribution in [0.5, 0.6) is 0 Å². The molecule has 0 bridgehead atoms. The van der Waals surface area contributed by atoms with Crippen molar-refractivity contribution in [2.45, 2.75) is 89.8 Å². The van der Waals surface area contributed by atoms with E-state index in [0.717, 1.165) is 38.2 Å². The van der Waals surface area contributed by atoms with E-state index in [0.29, 0.717) is 37.9 Å². The Morgan fingerprint density at radius 2 is 1.86 bits per heavy atom. The summed E-state index contributed by atoms with van der Waals surface area (Å²) in [6, 6.07) is 0.871. The van der Waals surface area contributed by atoms with Crippen molar-refractivity contribution < 1.29 is 23.5 Å².